The van der Waals surface area contributed by atoms with E-state index in [1.54, 1.807) is 18.3 Å². The molecule has 1 aliphatic rings. The minimum atomic E-state index is -0.915. The maximum absolute atomic E-state index is 11.2. The third-order valence-corrected chi connectivity index (χ3v) is 5.64. The lowest BCUT2D eigenvalue weighted by atomic mass is 10.0. The molecule has 0 aliphatic carbocycles. The summed E-state index contributed by atoms with van der Waals surface area (Å²) < 4.78 is 0. The summed E-state index contributed by atoms with van der Waals surface area (Å²) in [7, 11) is 0. The molecule has 102 valence electrons. The predicted molar refractivity (Wildman–Crippen MR) is 81.8 cm³/mol. The lowest BCUT2D eigenvalue weighted by molar-refractivity contribution is 0.0692. The van der Waals surface area contributed by atoms with Crippen molar-refractivity contribution in [2.24, 2.45) is 0 Å². The first kappa shape index (κ1) is 13.5. The van der Waals surface area contributed by atoms with Crippen LogP contribution in [-0.4, -0.2) is 27.6 Å². The van der Waals surface area contributed by atoms with Crippen LogP contribution in [0.4, 0.5) is 0 Å². The number of thioether (sulfide) groups is 2. The molecule has 0 amide bonds. The Morgan fingerprint density at radius 1 is 1.35 bits per heavy atom. The van der Waals surface area contributed by atoms with Crippen molar-refractivity contribution in [1.29, 1.82) is 0 Å². The number of benzene rings is 1. The third-order valence-electron chi connectivity index (χ3n) is 3.22. The summed E-state index contributed by atoms with van der Waals surface area (Å²) in [6.07, 6.45) is 1.64. The van der Waals surface area contributed by atoms with Gasteiger partial charge in [-0.25, -0.2) is 9.78 Å². The van der Waals surface area contributed by atoms with Crippen molar-refractivity contribution >= 4 is 29.5 Å². The van der Waals surface area contributed by atoms with Crippen LogP contribution in [0.1, 0.15) is 21.8 Å². The van der Waals surface area contributed by atoms with Gasteiger partial charge >= 0.3 is 5.97 Å². The Hall–Kier alpha value is -1.46. The zero-order valence-corrected chi connectivity index (χ0v) is 12.3. The number of fused-ring (bicyclic) bond motifs is 1. The van der Waals surface area contributed by atoms with Gasteiger partial charge in [0.25, 0.3) is 0 Å². The minimum absolute atomic E-state index is 0.288. The average Bonchev–Trinajstić information content (AvgIpc) is 2.88. The van der Waals surface area contributed by atoms with Gasteiger partial charge in [0.1, 0.15) is 5.03 Å². The first-order valence-electron chi connectivity index (χ1n) is 6.28. The van der Waals surface area contributed by atoms with E-state index in [-0.39, 0.29) is 5.56 Å². The molecule has 1 unspecified atom stereocenters. The van der Waals surface area contributed by atoms with Gasteiger partial charge in [-0.3, -0.25) is 0 Å². The van der Waals surface area contributed by atoms with Gasteiger partial charge in [0.05, 0.1) is 5.56 Å². The molecular formula is C15H13NO2S2. The summed E-state index contributed by atoms with van der Waals surface area (Å²) in [5, 5.41) is 9.76. The van der Waals surface area contributed by atoms with E-state index < -0.39 is 5.97 Å². The zero-order valence-electron chi connectivity index (χ0n) is 10.7. The van der Waals surface area contributed by atoms with E-state index in [0.717, 1.165) is 11.5 Å². The molecule has 0 spiro atoms. The van der Waals surface area contributed by atoms with Crippen molar-refractivity contribution in [2.45, 2.75) is 15.8 Å². The largest absolute Gasteiger partial charge is 0.478 e. The fraction of sp³-hybridized carbons (Fsp3) is 0.200. The van der Waals surface area contributed by atoms with E-state index in [1.165, 1.54) is 22.2 Å². The van der Waals surface area contributed by atoms with Gasteiger partial charge in [-0.05, 0) is 23.8 Å². The number of hydrogen-bond acceptors (Lipinski definition) is 4. The van der Waals surface area contributed by atoms with E-state index in [1.807, 2.05) is 11.8 Å². The van der Waals surface area contributed by atoms with E-state index >= 15 is 0 Å². The standard InChI is InChI=1S/C15H13NO2S2/c17-15(18)12-5-3-7-16-14(12)20-9-10-8-19-13-6-2-1-4-11(10)13/h1-7,10H,8-9H2,(H,17,18). The molecule has 2 heterocycles. The molecule has 0 radical (unpaired) electrons. The van der Waals surface area contributed by atoms with Crippen molar-refractivity contribution in [1.82, 2.24) is 4.98 Å². The van der Waals surface area contributed by atoms with E-state index in [0.29, 0.717) is 10.9 Å². The molecule has 1 aliphatic heterocycles. The van der Waals surface area contributed by atoms with Crippen LogP contribution in [0.5, 0.6) is 0 Å². The quantitative estimate of drug-likeness (QED) is 0.872. The van der Waals surface area contributed by atoms with Crippen molar-refractivity contribution in [3.63, 3.8) is 0 Å². The molecular weight excluding hydrogens is 290 g/mol. The van der Waals surface area contributed by atoms with Crippen LogP contribution in [0, 0.1) is 0 Å². The van der Waals surface area contributed by atoms with Crippen molar-refractivity contribution in [3.05, 3.63) is 53.7 Å². The molecule has 0 fully saturated rings. The Kier molecular flexibility index (Phi) is 3.98. The highest BCUT2D eigenvalue weighted by molar-refractivity contribution is 8.00. The van der Waals surface area contributed by atoms with Crippen LogP contribution in [-0.2, 0) is 0 Å². The Morgan fingerprint density at radius 2 is 2.20 bits per heavy atom. The smallest absolute Gasteiger partial charge is 0.338 e. The van der Waals surface area contributed by atoms with Crippen molar-refractivity contribution in [2.75, 3.05) is 11.5 Å². The Morgan fingerprint density at radius 3 is 3.05 bits per heavy atom. The molecule has 20 heavy (non-hydrogen) atoms. The number of carboxylic acid groups (broad SMARTS) is 1. The van der Waals surface area contributed by atoms with E-state index in [2.05, 4.69) is 29.2 Å². The van der Waals surface area contributed by atoms with Crippen molar-refractivity contribution < 1.29 is 9.90 Å². The first-order chi connectivity index (χ1) is 9.75. The highest BCUT2D eigenvalue weighted by Gasteiger charge is 2.23. The van der Waals surface area contributed by atoms with Crippen LogP contribution in [0.15, 0.2) is 52.5 Å². The molecule has 1 N–H and O–H groups in total. The molecule has 0 bridgehead atoms. The van der Waals surface area contributed by atoms with Gasteiger partial charge in [-0.2, -0.15) is 0 Å². The predicted octanol–water partition coefficient (Wildman–Crippen LogP) is 3.76. The number of carbonyl (C=O) groups is 1. The van der Waals surface area contributed by atoms with Crippen LogP contribution in [0.2, 0.25) is 0 Å². The molecule has 1 aromatic heterocycles. The van der Waals surface area contributed by atoms with E-state index in [4.69, 9.17) is 5.11 Å². The van der Waals surface area contributed by atoms with Gasteiger partial charge < -0.3 is 5.11 Å². The van der Waals surface area contributed by atoms with Gasteiger partial charge in [-0.15, -0.1) is 23.5 Å². The highest BCUT2D eigenvalue weighted by atomic mass is 32.2. The number of pyridine rings is 1. The summed E-state index contributed by atoms with van der Waals surface area (Å²) in [4.78, 5) is 16.7. The summed E-state index contributed by atoms with van der Waals surface area (Å²) in [6.45, 7) is 0. The molecule has 3 rings (SSSR count). The molecule has 1 aromatic carbocycles. The van der Waals surface area contributed by atoms with Crippen LogP contribution in [0.3, 0.4) is 0 Å². The van der Waals surface area contributed by atoms with Crippen molar-refractivity contribution in [3.8, 4) is 0 Å². The monoisotopic (exact) mass is 303 g/mol. The maximum Gasteiger partial charge on any atom is 0.338 e. The number of hydrogen-bond donors (Lipinski definition) is 1. The SMILES string of the molecule is O=C(O)c1cccnc1SCC1CSc2ccccc21. The second-order valence-corrected chi connectivity index (χ2v) is 6.59. The molecule has 0 saturated carbocycles. The number of aromatic carboxylic acids is 1. The second kappa shape index (κ2) is 5.89. The Balaban J connectivity index is 1.74. The fourth-order valence-electron chi connectivity index (χ4n) is 2.22. The molecule has 2 aromatic rings. The molecule has 5 heteroatoms. The van der Waals surface area contributed by atoms with Gasteiger partial charge in [0, 0.05) is 28.5 Å². The lowest BCUT2D eigenvalue weighted by Crippen LogP contribution is -2.04. The van der Waals surface area contributed by atoms with Crippen LogP contribution in [0.25, 0.3) is 0 Å². The molecule has 1 atom stereocenters. The number of rotatable bonds is 4. The second-order valence-electron chi connectivity index (χ2n) is 4.52. The maximum atomic E-state index is 11.2. The van der Waals surface area contributed by atoms with Crippen LogP contribution >= 0.6 is 23.5 Å². The third kappa shape index (κ3) is 2.69. The topological polar surface area (TPSA) is 50.2 Å². The summed E-state index contributed by atoms with van der Waals surface area (Å²) in [5.41, 5.74) is 1.66. The highest BCUT2D eigenvalue weighted by Crippen LogP contribution is 2.41. The summed E-state index contributed by atoms with van der Waals surface area (Å²) >= 11 is 3.40. The summed E-state index contributed by atoms with van der Waals surface area (Å²) in [6, 6.07) is 11.7. The Bertz CT molecular complexity index is 645. The normalized spacial score (nSPS) is 16.9. The molecule has 3 nitrogen and oxygen atoms in total. The first-order valence-corrected chi connectivity index (χ1v) is 8.25. The van der Waals surface area contributed by atoms with Gasteiger partial charge in [-0.1, -0.05) is 18.2 Å². The van der Waals surface area contributed by atoms with Crippen LogP contribution < -0.4 is 0 Å². The Labute approximate surface area is 125 Å². The summed E-state index contributed by atoms with van der Waals surface area (Å²) in [5.74, 6) is 1.47. The zero-order chi connectivity index (χ0) is 13.9. The van der Waals surface area contributed by atoms with Gasteiger partial charge in [0.15, 0.2) is 0 Å². The van der Waals surface area contributed by atoms with E-state index in [9.17, 15) is 4.79 Å². The average molecular weight is 303 g/mol. The number of aromatic nitrogens is 1. The van der Waals surface area contributed by atoms with Gasteiger partial charge in [0.2, 0.25) is 0 Å². The molecule has 0 saturated heterocycles. The fourth-order valence-corrected chi connectivity index (χ4v) is 4.72. The minimum Gasteiger partial charge on any atom is -0.478 e. The number of carboxylic acids is 1. The lowest BCUT2D eigenvalue weighted by Gasteiger charge is -2.10. The number of nitrogens with zero attached hydrogens (tertiary/aromatic N) is 1.